The highest BCUT2D eigenvalue weighted by atomic mass is 16.5. The Morgan fingerprint density at radius 2 is 2.39 bits per heavy atom. The molecule has 0 amide bonds. The summed E-state index contributed by atoms with van der Waals surface area (Å²) in [6.07, 6.45) is 3.78. The van der Waals surface area contributed by atoms with E-state index in [1.165, 1.54) is 5.56 Å². The van der Waals surface area contributed by atoms with Crippen molar-refractivity contribution >= 4 is 5.78 Å². The van der Waals surface area contributed by atoms with Gasteiger partial charge in [-0.15, -0.1) is 0 Å². The number of nitrogens with one attached hydrogen (secondary N) is 1. The third kappa shape index (κ3) is 1.65. The molecule has 1 fully saturated rings. The van der Waals surface area contributed by atoms with Gasteiger partial charge in [0.1, 0.15) is 5.75 Å². The van der Waals surface area contributed by atoms with E-state index >= 15 is 0 Å². The molecule has 2 aliphatic heterocycles. The second-order valence-corrected chi connectivity index (χ2v) is 5.19. The van der Waals surface area contributed by atoms with E-state index in [0.717, 1.165) is 43.5 Å². The molecule has 1 saturated heterocycles. The van der Waals surface area contributed by atoms with E-state index in [9.17, 15) is 4.79 Å². The predicted molar refractivity (Wildman–Crippen MR) is 70.2 cm³/mol. The van der Waals surface area contributed by atoms with Gasteiger partial charge in [0.15, 0.2) is 5.78 Å². The van der Waals surface area contributed by atoms with Crippen LogP contribution >= 0.6 is 0 Å². The molecule has 0 radical (unpaired) electrons. The van der Waals surface area contributed by atoms with Gasteiger partial charge in [0.05, 0.1) is 17.7 Å². The van der Waals surface area contributed by atoms with Crippen molar-refractivity contribution < 1.29 is 9.53 Å². The van der Waals surface area contributed by atoms with Crippen molar-refractivity contribution in [2.75, 3.05) is 13.2 Å². The number of benzene rings is 1. The van der Waals surface area contributed by atoms with Crippen molar-refractivity contribution in [3.8, 4) is 5.75 Å². The molecule has 3 heteroatoms. The summed E-state index contributed by atoms with van der Waals surface area (Å²) in [5.74, 6) is 1.03. The van der Waals surface area contributed by atoms with Crippen LogP contribution in [0, 0.1) is 0 Å². The number of ether oxygens (including phenoxy) is 1. The maximum atomic E-state index is 12.8. The van der Waals surface area contributed by atoms with Crippen molar-refractivity contribution in [2.24, 2.45) is 0 Å². The molecule has 1 unspecified atom stereocenters. The molecule has 1 aromatic rings. The van der Waals surface area contributed by atoms with Gasteiger partial charge in [0.2, 0.25) is 0 Å². The molecule has 1 aromatic carbocycles. The molecule has 0 aromatic heterocycles. The number of carbonyl (C=O) groups is 1. The molecule has 3 rings (SSSR count). The number of Topliss-reactive ketones (excluding diaryl/α,β-unsaturated/α-hetero) is 1. The van der Waals surface area contributed by atoms with Crippen molar-refractivity contribution in [3.05, 3.63) is 29.3 Å². The van der Waals surface area contributed by atoms with Crippen LogP contribution in [0.25, 0.3) is 0 Å². The maximum absolute atomic E-state index is 12.8. The third-order valence-corrected chi connectivity index (χ3v) is 4.24. The lowest BCUT2D eigenvalue weighted by atomic mass is 9.84. The molecule has 96 valence electrons. The Kier molecular flexibility index (Phi) is 2.86. The topological polar surface area (TPSA) is 38.3 Å². The van der Waals surface area contributed by atoms with Crippen LogP contribution in [0.3, 0.4) is 0 Å². The molecule has 0 aliphatic carbocycles. The van der Waals surface area contributed by atoms with Crippen LogP contribution in [-0.4, -0.2) is 24.5 Å². The number of fused-ring (bicyclic) bond motifs is 1. The zero-order chi connectivity index (χ0) is 12.6. The summed E-state index contributed by atoms with van der Waals surface area (Å²) in [5.41, 5.74) is 1.58. The van der Waals surface area contributed by atoms with E-state index in [1.54, 1.807) is 0 Å². The summed E-state index contributed by atoms with van der Waals surface area (Å²) < 4.78 is 5.65. The highest BCUT2D eigenvalue weighted by Gasteiger charge is 2.41. The van der Waals surface area contributed by atoms with Crippen molar-refractivity contribution in [2.45, 2.75) is 38.1 Å². The van der Waals surface area contributed by atoms with E-state index < -0.39 is 0 Å². The molecule has 0 bridgehead atoms. The summed E-state index contributed by atoms with van der Waals surface area (Å²) in [5, 5.41) is 3.40. The summed E-state index contributed by atoms with van der Waals surface area (Å²) in [6.45, 7) is 3.72. The lowest BCUT2D eigenvalue weighted by Crippen LogP contribution is -2.47. The van der Waals surface area contributed by atoms with Gasteiger partial charge >= 0.3 is 0 Å². The van der Waals surface area contributed by atoms with Gasteiger partial charge in [0, 0.05) is 6.42 Å². The average Bonchev–Trinajstić information content (AvgIpc) is 3.06. The van der Waals surface area contributed by atoms with Crippen LogP contribution in [0.2, 0.25) is 0 Å². The second kappa shape index (κ2) is 4.39. The van der Waals surface area contributed by atoms with Crippen LogP contribution in [0.15, 0.2) is 18.2 Å². The van der Waals surface area contributed by atoms with E-state index in [1.807, 2.05) is 12.1 Å². The van der Waals surface area contributed by atoms with E-state index in [-0.39, 0.29) is 11.3 Å². The van der Waals surface area contributed by atoms with Crippen LogP contribution < -0.4 is 10.1 Å². The molecule has 0 saturated carbocycles. The number of hydrogen-bond donors (Lipinski definition) is 1. The van der Waals surface area contributed by atoms with Gasteiger partial charge in [-0.1, -0.05) is 19.1 Å². The zero-order valence-corrected chi connectivity index (χ0v) is 10.8. The fraction of sp³-hybridized carbons (Fsp3) is 0.533. The van der Waals surface area contributed by atoms with Crippen LogP contribution in [-0.2, 0) is 6.42 Å². The van der Waals surface area contributed by atoms with E-state index in [0.29, 0.717) is 6.61 Å². The first-order valence-electron chi connectivity index (χ1n) is 6.81. The van der Waals surface area contributed by atoms with Crippen LogP contribution in [0.4, 0.5) is 0 Å². The quantitative estimate of drug-likeness (QED) is 0.831. The smallest absolute Gasteiger partial charge is 0.186 e. The Balaban J connectivity index is 2.00. The average molecular weight is 245 g/mol. The Labute approximate surface area is 108 Å². The van der Waals surface area contributed by atoms with Crippen LogP contribution in [0.5, 0.6) is 5.75 Å². The van der Waals surface area contributed by atoms with Gasteiger partial charge in [-0.25, -0.2) is 0 Å². The Bertz CT molecular complexity index is 475. The summed E-state index contributed by atoms with van der Waals surface area (Å²) in [4.78, 5) is 12.8. The first-order valence-corrected chi connectivity index (χ1v) is 6.81. The minimum absolute atomic E-state index is 0.209. The minimum Gasteiger partial charge on any atom is -0.492 e. The fourth-order valence-corrected chi connectivity index (χ4v) is 3.11. The lowest BCUT2D eigenvalue weighted by molar-refractivity contribution is 0.0860. The Morgan fingerprint density at radius 1 is 1.50 bits per heavy atom. The Hall–Kier alpha value is -1.35. The molecular formula is C15H19NO2. The van der Waals surface area contributed by atoms with E-state index in [2.05, 4.69) is 18.3 Å². The summed E-state index contributed by atoms with van der Waals surface area (Å²) >= 11 is 0. The van der Waals surface area contributed by atoms with Crippen molar-refractivity contribution in [3.63, 3.8) is 0 Å². The molecule has 2 heterocycles. The fourth-order valence-electron chi connectivity index (χ4n) is 3.11. The van der Waals surface area contributed by atoms with E-state index in [4.69, 9.17) is 4.74 Å². The number of carbonyl (C=O) groups excluding carboxylic acids is 1. The summed E-state index contributed by atoms with van der Waals surface area (Å²) in [7, 11) is 0. The standard InChI is InChI=1S/C15H19NO2/c1-2-15(8-4-9-16-15)14(17)12-6-3-5-11-7-10-18-13(11)12/h3,5-6,16H,2,4,7-10H2,1H3. The largest absolute Gasteiger partial charge is 0.492 e. The van der Waals surface area contributed by atoms with Crippen molar-refractivity contribution in [1.82, 2.24) is 5.32 Å². The van der Waals surface area contributed by atoms with Gasteiger partial charge in [-0.05, 0) is 37.4 Å². The third-order valence-electron chi connectivity index (χ3n) is 4.24. The monoisotopic (exact) mass is 245 g/mol. The number of rotatable bonds is 3. The number of hydrogen-bond acceptors (Lipinski definition) is 3. The summed E-state index contributed by atoms with van der Waals surface area (Å²) in [6, 6.07) is 5.93. The van der Waals surface area contributed by atoms with Gasteiger partial charge in [0.25, 0.3) is 0 Å². The highest BCUT2D eigenvalue weighted by Crippen LogP contribution is 2.35. The van der Waals surface area contributed by atoms with Crippen molar-refractivity contribution in [1.29, 1.82) is 0 Å². The molecule has 0 spiro atoms. The molecule has 1 N–H and O–H groups in total. The lowest BCUT2D eigenvalue weighted by Gasteiger charge is -2.27. The molecule has 2 aliphatic rings. The molecule has 3 nitrogen and oxygen atoms in total. The van der Waals surface area contributed by atoms with Gasteiger partial charge < -0.3 is 10.1 Å². The first-order chi connectivity index (χ1) is 8.77. The van der Waals surface area contributed by atoms with Gasteiger partial charge in [-0.2, -0.15) is 0 Å². The highest BCUT2D eigenvalue weighted by molar-refractivity contribution is 6.06. The predicted octanol–water partition coefficient (Wildman–Crippen LogP) is 2.34. The minimum atomic E-state index is -0.360. The first kappa shape index (κ1) is 11.7. The maximum Gasteiger partial charge on any atom is 0.186 e. The molecular weight excluding hydrogens is 226 g/mol. The normalized spacial score (nSPS) is 25.8. The number of ketones is 1. The zero-order valence-electron chi connectivity index (χ0n) is 10.8. The Morgan fingerprint density at radius 3 is 3.11 bits per heavy atom. The van der Waals surface area contributed by atoms with Gasteiger partial charge in [-0.3, -0.25) is 4.79 Å². The molecule has 1 atom stereocenters. The number of para-hydroxylation sites is 1. The molecule has 18 heavy (non-hydrogen) atoms. The SMILES string of the molecule is CCC1(C(=O)c2cccc3c2OCC3)CCCN1. The van der Waals surface area contributed by atoms with Crippen LogP contribution in [0.1, 0.15) is 42.1 Å². The second-order valence-electron chi connectivity index (χ2n) is 5.19.